The summed E-state index contributed by atoms with van der Waals surface area (Å²) in [5.41, 5.74) is 1.35. The van der Waals surface area contributed by atoms with E-state index in [4.69, 9.17) is 33.5 Å². The second kappa shape index (κ2) is 12.8. The van der Waals surface area contributed by atoms with E-state index in [0.717, 1.165) is 61.9 Å². The number of rotatable bonds is 7. The number of hydrogen-bond donors (Lipinski definition) is 2. The van der Waals surface area contributed by atoms with Crippen molar-refractivity contribution in [1.82, 2.24) is 15.3 Å². The van der Waals surface area contributed by atoms with Gasteiger partial charge in [-0.15, -0.1) is 0 Å². The predicted molar refractivity (Wildman–Crippen MR) is 160 cm³/mol. The average Bonchev–Trinajstić information content (AvgIpc) is 3.23. The first-order valence-corrected chi connectivity index (χ1v) is 14.6. The molecule has 2 heterocycles. The van der Waals surface area contributed by atoms with Crippen LogP contribution < -0.4 is 20.3 Å². The number of thiocarbonyl (C=S) groups is 1. The van der Waals surface area contributed by atoms with Gasteiger partial charge in [0.05, 0.1) is 0 Å². The normalized spacial score (nSPS) is 17.3. The molecule has 2 N–H and O–H groups in total. The molecular formula is C30H36ClN5OS. The Kier molecular flexibility index (Phi) is 8.97. The Labute approximate surface area is 236 Å². The number of para-hydroxylation sites is 1. The fourth-order valence-corrected chi connectivity index (χ4v) is 5.88. The summed E-state index contributed by atoms with van der Waals surface area (Å²) in [5.74, 6) is 2.55. The molecule has 0 unspecified atom stereocenters. The molecule has 2 fully saturated rings. The molecule has 8 heteroatoms. The van der Waals surface area contributed by atoms with Gasteiger partial charge in [-0.2, -0.15) is 9.97 Å². The standard InChI is InChI=1S/C30H36ClN5OS/c31-24-15-13-23(14-16-24)30(17-7-4-8-18-30)22-32-29(38)35-28-33-26(36-19-9-1-2-10-20-36)21-27(34-28)37-25-11-5-3-6-12-25/h3,5-6,11-16,21H,1-2,4,7-10,17-20,22H2,(H2,32,33,34,35,38). The molecule has 0 bridgehead atoms. The summed E-state index contributed by atoms with van der Waals surface area (Å²) >= 11 is 11.9. The zero-order chi connectivity index (χ0) is 26.2. The molecule has 1 saturated carbocycles. The Balaban J connectivity index is 1.32. The second-order valence-electron chi connectivity index (χ2n) is 10.4. The van der Waals surface area contributed by atoms with Crippen LogP contribution in [0.5, 0.6) is 11.6 Å². The lowest BCUT2D eigenvalue weighted by atomic mass is 9.69. The van der Waals surface area contributed by atoms with Gasteiger partial charge in [0, 0.05) is 36.1 Å². The fraction of sp³-hybridized carbons (Fsp3) is 0.433. The zero-order valence-electron chi connectivity index (χ0n) is 21.8. The molecule has 1 aliphatic carbocycles. The van der Waals surface area contributed by atoms with Crippen LogP contribution in [0.15, 0.2) is 60.7 Å². The van der Waals surface area contributed by atoms with Gasteiger partial charge >= 0.3 is 0 Å². The highest BCUT2D eigenvalue weighted by atomic mass is 35.5. The van der Waals surface area contributed by atoms with Crippen LogP contribution >= 0.6 is 23.8 Å². The Hall–Kier alpha value is -2.90. The lowest BCUT2D eigenvalue weighted by molar-refractivity contribution is 0.292. The van der Waals surface area contributed by atoms with E-state index in [1.54, 1.807) is 0 Å². The summed E-state index contributed by atoms with van der Waals surface area (Å²) in [6, 6.07) is 19.9. The van der Waals surface area contributed by atoms with Crippen molar-refractivity contribution >= 4 is 40.7 Å². The van der Waals surface area contributed by atoms with Crippen LogP contribution in [-0.4, -0.2) is 34.7 Å². The van der Waals surface area contributed by atoms with Gasteiger partial charge in [0.15, 0.2) is 5.11 Å². The maximum Gasteiger partial charge on any atom is 0.234 e. The van der Waals surface area contributed by atoms with Crippen LogP contribution in [0, 0.1) is 0 Å². The number of ether oxygens (including phenoxy) is 1. The molecule has 1 saturated heterocycles. The van der Waals surface area contributed by atoms with Gasteiger partial charge in [-0.1, -0.05) is 74.0 Å². The molecule has 3 aromatic rings. The highest BCUT2D eigenvalue weighted by molar-refractivity contribution is 7.80. The lowest BCUT2D eigenvalue weighted by Crippen LogP contribution is -2.43. The molecule has 6 nitrogen and oxygen atoms in total. The molecule has 1 aromatic heterocycles. The molecule has 5 rings (SSSR count). The first-order valence-electron chi connectivity index (χ1n) is 13.8. The monoisotopic (exact) mass is 549 g/mol. The number of hydrogen-bond acceptors (Lipinski definition) is 5. The van der Waals surface area contributed by atoms with Crippen LogP contribution in [0.4, 0.5) is 11.8 Å². The van der Waals surface area contributed by atoms with Gasteiger partial charge in [0.1, 0.15) is 11.6 Å². The molecule has 2 aromatic carbocycles. The van der Waals surface area contributed by atoms with E-state index < -0.39 is 0 Å². The third-order valence-electron chi connectivity index (χ3n) is 7.66. The van der Waals surface area contributed by atoms with Crippen molar-refractivity contribution in [3.05, 3.63) is 71.2 Å². The number of benzene rings is 2. The summed E-state index contributed by atoms with van der Waals surface area (Å²) in [7, 11) is 0. The topological polar surface area (TPSA) is 62.3 Å². The first-order chi connectivity index (χ1) is 18.6. The molecular weight excluding hydrogens is 514 g/mol. The average molecular weight is 550 g/mol. The zero-order valence-corrected chi connectivity index (χ0v) is 23.4. The minimum absolute atomic E-state index is 0.0327. The molecule has 2 aliphatic rings. The van der Waals surface area contributed by atoms with E-state index in [9.17, 15) is 0 Å². The molecule has 0 amide bonds. The van der Waals surface area contributed by atoms with Gasteiger partial charge in [-0.05, 0) is 67.7 Å². The molecule has 1 aliphatic heterocycles. The fourth-order valence-electron chi connectivity index (χ4n) is 5.59. The van der Waals surface area contributed by atoms with Crippen LogP contribution in [0.3, 0.4) is 0 Å². The second-order valence-corrected chi connectivity index (χ2v) is 11.2. The van der Waals surface area contributed by atoms with E-state index >= 15 is 0 Å². The summed E-state index contributed by atoms with van der Waals surface area (Å²) in [4.78, 5) is 11.8. The predicted octanol–water partition coefficient (Wildman–Crippen LogP) is 7.49. The van der Waals surface area contributed by atoms with E-state index in [-0.39, 0.29) is 5.41 Å². The van der Waals surface area contributed by atoms with Crippen LogP contribution in [0.2, 0.25) is 5.02 Å². The van der Waals surface area contributed by atoms with E-state index in [1.807, 2.05) is 48.5 Å². The van der Waals surface area contributed by atoms with Crippen LogP contribution in [0.25, 0.3) is 0 Å². The number of nitrogens with one attached hydrogen (secondary N) is 2. The molecule has 38 heavy (non-hydrogen) atoms. The summed E-state index contributed by atoms with van der Waals surface area (Å²) in [6.07, 6.45) is 10.8. The van der Waals surface area contributed by atoms with Gasteiger partial charge in [-0.3, -0.25) is 0 Å². The largest absolute Gasteiger partial charge is 0.439 e. The highest BCUT2D eigenvalue weighted by Crippen LogP contribution is 2.39. The summed E-state index contributed by atoms with van der Waals surface area (Å²) in [5, 5.41) is 8.02. The Morgan fingerprint density at radius 3 is 2.29 bits per heavy atom. The summed E-state index contributed by atoms with van der Waals surface area (Å²) in [6.45, 7) is 2.71. The number of halogens is 1. The molecule has 0 atom stereocenters. The molecule has 0 spiro atoms. The van der Waals surface area contributed by atoms with Crippen molar-refractivity contribution in [2.24, 2.45) is 0 Å². The third-order valence-corrected chi connectivity index (χ3v) is 8.16. The quantitative estimate of drug-likeness (QED) is 0.296. The number of aromatic nitrogens is 2. The van der Waals surface area contributed by atoms with Crippen LogP contribution in [-0.2, 0) is 5.41 Å². The number of nitrogens with zero attached hydrogens (tertiary/aromatic N) is 3. The highest BCUT2D eigenvalue weighted by Gasteiger charge is 2.34. The van der Waals surface area contributed by atoms with Crippen molar-refractivity contribution < 1.29 is 4.74 Å². The maximum absolute atomic E-state index is 6.18. The minimum Gasteiger partial charge on any atom is -0.439 e. The minimum atomic E-state index is 0.0327. The van der Waals surface area contributed by atoms with Crippen molar-refractivity contribution in [1.29, 1.82) is 0 Å². The van der Waals surface area contributed by atoms with Gasteiger partial charge in [-0.25, -0.2) is 0 Å². The van der Waals surface area contributed by atoms with Gasteiger partial charge in [0.2, 0.25) is 11.8 Å². The molecule has 200 valence electrons. The van der Waals surface area contributed by atoms with E-state index in [1.165, 1.54) is 37.7 Å². The number of anilines is 2. The van der Waals surface area contributed by atoms with E-state index in [2.05, 4.69) is 32.7 Å². The Morgan fingerprint density at radius 1 is 0.895 bits per heavy atom. The van der Waals surface area contributed by atoms with Crippen molar-refractivity contribution in [2.75, 3.05) is 29.9 Å². The van der Waals surface area contributed by atoms with Crippen molar-refractivity contribution in [3.63, 3.8) is 0 Å². The maximum atomic E-state index is 6.18. The first kappa shape index (κ1) is 26.7. The third kappa shape index (κ3) is 6.94. The SMILES string of the molecule is S=C(NCC1(c2ccc(Cl)cc2)CCCCC1)Nc1nc(Oc2ccccc2)cc(N2CCCCCC2)n1. The Morgan fingerprint density at radius 2 is 1.58 bits per heavy atom. The van der Waals surface area contributed by atoms with Crippen molar-refractivity contribution in [3.8, 4) is 11.6 Å². The summed E-state index contributed by atoms with van der Waals surface area (Å²) < 4.78 is 6.11. The van der Waals surface area contributed by atoms with E-state index in [0.29, 0.717) is 16.9 Å². The van der Waals surface area contributed by atoms with Crippen molar-refractivity contribution in [2.45, 2.75) is 63.2 Å². The Bertz CT molecular complexity index is 1190. The smallest absolute Gasteiger partial charge is 0.234 e. The van der Waals surface area contributed by atoms with Gasteiger partial charge < -0.3 is 20.3 Å². The lowest BCUT2D eigenvalue weighted by Gasteiger charge is -2.38. The van der Waals surface area contributed by atoms with Gasteiger partial charge in [0.25, 0.3) is 0 Å². The molecule has 0 radical (unpaired) electrons. The van der Waals surface area contributed by atoms with Crippen LogP contribution in [0.1, 0.15) is 63.4 Å².